The summed E-state index contributed by atoms with van der Waals surface area (Å²) in [6, 6.07) is 11.4. The Bertz CT molecular complexity index is 1880. The number of hydrogen-bond acceptors (Lipinski definition) is 11. The first-order valence-corrected chi connectivity index (χ1v) is 18.6. The van der Waals surface area contributed by atoms with Crippen LogP contribution < -0.4 is 20.7 Å². The summed E-state index contributed by atoms with van der Waals surface area (Å²) in [6.07, 6.45) is 5.26. The standard InChI is InChI=1S/C31H36ClN5O7S2/c1-31(2,18-45(40,41)13-12-38)37-30(39)21-10-11-33-28-25(14-21)29(35-19-34-28)36-22-8-9-27(26(32)15-22)44-23-4-3-5-24(16-23)46(42,43)17-20-6-7-20/h3-5,8-9,14-16,19-20,38H,6-7,10-13,17-18H2,1-2H3,(H,37,39)(H2,33,34,35,36). The zero-order chi connectivity index (χ0) is 33.1. The van der Waals surface area contributed by atoms with E-state index in [0.29, 0.717) is 52.9 Å². The predicted molar refractivity (Wildman–Crippen MR) is 177 cm³/mol. The van der Waals surface area contributed by atoms with Gasteiger partial charge in [0.15, 0.2) is 19.7 Å². The molecular formula is C31H36ClN5O7S2. The first kappa shape index (κ1) is 33.6. The van der Waals surface area contributed by atoms with Crippen LogP contribution in [0.15, 0.2) is 59.3 Å². The van der Waals surface area contributed by atoms with E-state index in [-0.39, 0.29) is 33.1 Å². The number of nitrogens with one attached hydrogen (secondary N) is 3. The van der Waals surface area contributed by atoms with Crippen molar-refractivity contribution in [2.24, 2.45) is 5.92 Å². The van der Waals surface area contributed by atoms with Crippen molar-refractivity contribution in [2.45, 2.75) is 43.5 Å². The SMILES string of the molecule is CC(C)(CS(=O)(=O)CCO)NC(=O)C1=Cc2c(ncnc2Nc2ccc(Oc3cccc(S(=O)(=O)CC4CC4)c3)c(Cl)c2)NCC1. The van der Waals surface area contributed by atoms with Gasteiger partial charge in [0.2, 0.25) is 5.91 Å². The molecule has 1 aromatic heterocycles. The smallest absolute Gasteiger partial charge is 0.247 e. The molecular weight excluding hydrogens is 654 g/mol. The zero-order valence-electron chi connectivity index (χ0n) is 25.4. The van der Waals surface area contributed by atoms with E-state index >= 15 is 0 Å². The van der Waals surface area contributed by atoms with Crippen LogP contribution in [0.25, 0.3) is 6.08 Å². The highest BCUT2D eigenvalue weighted by Crippen LogP contribution is 2.36. The van der Waals surface area contributed by atoms with Gasteiger partial charge in [-0.05, 0) is 81.5 Å². The molecule has 0 spiro atoms. The van der Waals surface area contributed by atoms with Crippen molar-refractivity contribution in [2.75, 3.05) is 41.0 Å². The number of rotatable bonds is 13. The van der Waals surface area contributed by atoms with Crippen LogP contribution in [0.3, 0.4) is 0 Å². The largest absolute Gasteiger partial charge is 0.456 e. The van der Waals surface area contributed by atoms with Gasteiger partial charge in [-0.25, -0.2) is 26.8 Å². The van der Waals surface area contributed by atoms with Crippen molar-refractivity contribution in [1.29, 1.82) is 0 Å². The Balaban J connectivity index is 1.32. The van der Waals surface area contributed by atoms with Crippen LogP contribution in [0, 0.1) is 5.92 Å². The van der Waals surface area contributed by atoms with Gasteiger partial charge < -0.3 is 25.8 Å². The number of nitrogens with zero attached hydrogens (tertiary/aromatic N) is 2. The van der Waals surface area contributed by atoms with Crippen LogP contribution in [-0.4, -0.2) is 73.8 Å². The number of benzene rings is 2. The van der Waals surface area contributed by atoms with E-state index in [1.165, 1.54) is 12.4 Å². The minimum Gasteiger partial charge on any atom is -0.456 e. The minimum atomic E-state index is -3.57. The van der Waals surface area contributed by atoms with Crippen LogP contribution in [-0.2, 0) is 24.5 Å². The van der Waals surface area contributed by atoms with E-state index in [1.54, 1.807) is 56.3 Å². The first-order valence-electron chi connectivity index (χ1n) is 14.7. The second kappa shape index (κ2) is 13.6. The molecule has 2 aromatic carbocycles. The third kappa shape index (κ3) is 8.75. The molecule has 3 aromatic rings. The van der Waals surface area contributed by atoms with Crippen molar-refractivity contribution < 1.29 is 31.5 Å². The summed E-state index contributed by atoms with van der Waals surface area (Å²) in [5, 5.41) is 18.5. The maximum absolute atomic E-state index is 13.3. The molecule has 1 fully saturated rings. The van der Waals surface area contributed by atoms with Crippen LogP contribution in [0.4, 0.5) is 17.3 Å². The molecule has 0 saturated heterocycles. The summed E-state index contributed by atoms with van der Waals surface area (Å²) in [7, 11) is -6.97. The van der Waals surface area contributed by atoms with E-state index in [0.717, 1.165) is 12.8 Å². The Morgan fingerprint density at radius 1 is 1.13 bits per heavy atom. The summed E-state index contributed by atoms with van der Waals surface area (Å²) >= 11 is 6.56. The van der Waals surface area contributed by atoms with Crippen molar-refractivity contribution in [3.8, 4) is 11.5 Å². The molecule has 4 N–H and O–H groups in total. The number of carbonyl (C=O) groups excluding carboxylic acids is 1. The zero-order valence-corrected chi connectivity index (χ0v) is 27.8. The van der Waals surface area contributed by atoms with Crippen molar-refractivity contribution in [3.63, 3.8) is 0 Å². The molecule has 1 saturated carbocycles. The third-order valence-corrected chi connectivity index (χ3v) is 11.5. The number of hydrogen-bond donors (Lipinski definition) is 4. The molecule has 1 aliphatic heterocycles. The van der Waals surface area contributed by atoms with Crippen LogP contribution in [0.2, 0.25) is 5.02 Å². The third-order valence-electron chi connectivity index (χ3n) is 7.35. The lowest BCUT2D eigenvalue weighted by Gasteiger charge is -2.26. The molecule has 46 heavy (non-hydrogen) atoms. The number of aliphatic hydroxyl groups excluding tert-OH is 1. The van der Waals surface area contributed by atoms with Gasteiger partial charge in [0.1, 0.15) is 29.5 Å². The highest BCUT2D eigenvalue weighted by atomic mass is 35.5. The number of fused-ring (bicyclic) bond motifs is 1. The second-order valence-electron chi connectivity index (χ2n) is 12.1. The molecule has 5 rings (SSSR count). The molecule has 2 aliphatic rings. The number of amides is 1. The highest BCUT2D eigenvalue weighted by molar-refractivity contribution is 7.91. The Morgan fingerprint density at radius 3 is 2.63 bits per heavy atom. The Morgan fingerprint density at radius 2 is 1.91 bits per heavy atom. The monoisotopic (exact) mass is 689 g/mol. The number of sulfone groups is 2. The van der Waals surface area contributed by atoms with E-state index in [9.17, 15) is 21.6 Å². The first-order chi connectivity index (χ1) is 21.7. The van der Waals surface area contributed by atoms with Gasteiger partial charge in [-0.1, -0.05) is 17.7 Å². The number of aromatic nitrogens is 2. The van der Waals surface area contributed by atoms with E-state index < -0.39 is 37.7 Å². The average Bonchev–Trinajstić information content (AvgIpc) is 3.80. The fraction of sp³-hybridized carbons (Fsp3) is 0.387. The lowest BCUT2D eigenvalue weighted by atomic mass is 10.0. The predicted octanol–water partition coefficient (Wildman–Crippen LogP) is 4.35. The van der Waals surface area contributed by atoms with Crippen LogP contribution >= 0.6 is 11.6 Å². The minimum absolute atomic E-state index is 0.134. The summed E-state index contributed by atoms with van der Waals surface area (Å²) in [5.41, 5.74) is 0.421. The maximum atomic E-state index is 13.3. The lowest BCUT2D eigenvalue weighted by molar-refractivity contribution is -0.118. The number of ether oxygens (including phenoxy) is 1. The number of halogens is 1. The Kier molecular flexibility index (Phi) is 9.92. The average molecular weight is 690 g/mol. The summed E-state index contributed by atoms with van der Waals surface area (Å²) in [5.74, 6) is 0.803. The number of aliphatic hydroxyl groups is 1. The normalized spacial score (nSPS) is 15.2. The maximum Gasteiger partial charge on any atom is 0.247 e. The van der Waals surface area contributed by atoms with Crippen molar-refractivity contribution in [3.05, 3.63) is 65.0 Å². The van der Waals surface area contributed by atoms with E-state index in [1.807, 2.05) is 0 Å². The molecule has 0 bridgehead atoms. The fourth-order valence-corrected chi connectivity index (χ4v) is 8.59. The van der Waals surface area contributed by atoms with Gasteiger partial charge in [0, 0.05) is 23.3 Å². The summed E-state index contributed by atoms with van der Waals surface area (Å²) in [6.45, 7) is 3.15. The number of carbonyl (C=O) groups is 1. The topological polar surface area (TPSA) is 177 Å². The van der Waals surface area contributed by atoms with Crippen LogP contribution in [0.5, 0.6) is 11.5 Å². The van der Waals surface area contributed by atoms with E-state index in [2.05, 4.69) is 25.9 Å². The quantitative estimate of drug-likeness (QED) is 0.201. The van der Waals surface area contributed by atoms with Crippen molar-refractivity contribution >= 4 is 60.6 Å². The Labute approximate surface area is 273 Å². The van der Waals surface area contributed by atoms with Gasteiger partial charge >= 0.3 is 0 Å². The molecule has 2 heterocycles. The molecule has 246 valence electrons. The van der Waals surface area contributed by atoms with Crippen LogP contribution in [0.1, 0.15) is 38.7 Å². The van der Waals surface area contributed by atoms with Gasteiger partial charge in [-0.2, -0.15) is 0 Å². The molecule has 1 aliphatic carbocycles. The second-order valence-corrected chi connectivity index (χ2v) is 16.7. The van der Waals surface area contributed by atoms with Gasteiger partial charge in [-0.15, -0.1) is 0 Å². The van der Waals surface area contributed by atoms with Crippen molar-refractivity contribution in [1.82, 2.24) is 15.3 Å². The van der Waals surface area contributed by atoms with Gasteiger partial charge in [0.25, 0.3) is 0 Å². The summed E-state index contributed by atoms with van der Waals surface area (Å²) in [4.78, 5) is 22.2. The molecule has 0 radical (unpaired) electrons. The van der Waals surface area contributed by atoms with Gasteiger partial charge in [-0.3, -0.25) is 4.79 Å². The highest BCUT2D eigenvalue weighted by Gasteiger charge is 2.30. The molecule has 12 nitrogen and oxygen atoms in total. The lowest BCUT2D eigenvalue weighted by Crippen LogP contribution is -2.49. The summed E-state index contributed by atoms with van der Waals surface area (Å²) < 4.78 is 55.9. The molecule has 0 atom stereocenters. The molecule has 1 amide bonds. The fourth-order valence-electron chi connectivity index (χ4n) is 5.05. The Hall–Kier alpha value is -3.72. The van der Waals surface area contributed by atoms with E-state index in [4.69, 9.17) is 21.4 Å². The van der Waals surface area contributed by atoms with Gasteiger partial charge in [0.05, 0.1) is 39.3 Å². The molecule has 0 unspecified atom stereocenters. The molecule has 15 heteroatoms. The number of anilines is 3.